The topological polar surface area (TPSA) is 227 Å². The normalized spacial score (nSPS) is 56.3. The highest BCUT2D eigenvalue weighted by molar-refractivity contribution is 5.70. The van der Waals surface area contributed by atoms with Gasteiger partial charge in [-0.05, 0) is 73.8 Å². The first-order valence-electron chi connectivity index (χ1n) is 30.3. The molecular formula is C59H86O19. The molecule has 10 bridgehead atoms. The van der Waals surface area contributed by atoms with Crippen LogP contribution in [0.15, 0.2) is 24.3 Å². The van der Waals surface area contributed by atoms with Crippen molar-refractivity contribution in [1.29, 1.82) is 0 Å². The van der Waals surface area contributed by atoms with Crippen LogP contribution in [0.4, 0.5) is 0 Å². The van der Waals surface area contributed by atoms with Gasteiger partial charge in [-0.2, -0.15) is 0 Å². The SMILES string of the molecule is C=C1C[C@@H]2CC[C@]34CC(O3)[C@@H]3O[C@H]5CC[C@H](CC(=O)O[C@@H]6[C@@H](C)[C@@H]7O[C@@H]8C[C@@]9(C[C@@H]%10O[C@]%11(C[C@H](C)[C@@H]%12O[C@H]([C@@H](O)C[C@@H](O)CO)C[C@@H]%12O%11)C[C@H](C)[C@@H]%10O9)O[C@@H]8C[C@@H]7O[C@H]6C[C@H]6O[C@@H](CC[C@@H]1O2)C[C@@H](C)C6=C)O[C@@H]5[C@H](O4)[C@@H]3O. The quantitative estimate of drug-likeness (QED) is 0.224. The van der Waals surface area contributed by atoms with Crippen molar-refractivity contribution in [3.63, 3.8) is 0 Å². The summed E-state index contributed by atoms with van der Waals surface area (Å²) < 4.78 is 95.6. The number of carbonyl (C=O) groups is 1. The molecule has 4 N–H and O–H groups in total. The van der Waals surface area contributed by atoms with Gasteiger partial charge in [0, 0.05) is 70.1 Å². The maximum Gasteiger partial charge on any atom is 0.308 e. The third-order valence-electron chi connectivity index (χ3n) is 21.3. The van der Waals surface area contributed by atoms with Gasteiger partial charge in [0.05, 0.1) is 129 Å². The maximum atomic E-state index is 14.5. The molecule has 436 valence electrons. The van der Waals surface area contributed by atoms with Crippen molar-refractivity contribution in [2.24, 2.45) is 23.7 Å². The zero-order valence-corrected chi connectivity index (χ0v) is 45.9. The van der Waals surface area contributed by atoms with E-state index in [2.05, 4.69) is 40.9 Å². The molecule has 19 nitrogen and oxygen atoms in total. The summed E-state index contributed by atoms with van der Waals surface area (Å²) in [5, 5.41) is 42.0. The second-order valence-corrected chi connectivity index (χ2v) is 27.0. The van der Waals surface area contributed by atoms with Crippen molar-refractivity contribution in [2.45, 2.75) is 307 Å². The lowest BCUT2D eigenvalue weighted by Crippen LogP contribution is -2.62. The van der Waals surface area contributed by atoms with Gasteiger partial charge in [-0.3, -0.25) is 4.79 Å². The van der Waals surface area contributed by atoms with Gasteiger partial charge in [0.25, 0.3) is 0 Å². The van der Waals surface area contributed by atoms with Crippen molar-refractivity contribution in [1.82, 2.24) is 0 Å². The summed E-state index contributed by atoms with van der Waals surface area (Å²) in [4.78, 5) is 14.5. The molecule has 15 heterocycles. The van der Waals surface area contributed by atoms with E-state index < -0.39 is 91.1 Å². The third kappa shape index (κ3) is 9.65. The van der Waals surface area contributed by atoms with Crippen molar-refractivity contribution < 1.29 is 91.5 Å². The van der Waals surface area contributed by atoms with Crippen LogP contribution in [-0.4, -0.2) is 197 Å². The summed E-state index contributed by atoms with van der Waals surface area (Å²) in [5.74, 6) is -2.91. The van der Waals surface area contributed by atoms with Crippen molar-refractivity contribution >= 4 is 5.97 Å². The van der Waals surface area contributed by atoms with Crippen LogP contribution in [0.25, 0.3) is 0 Å². The number of esters is 1. The third-order valence-corrected chi connectivity index (χ3v) is 21.3. The maximum absolute atomic E-state index is 14.5. The number of aliphatic hydroxyl groups is 4. The first kappa shape index (κ1) is 54.2. The van der Waals surface area contributed by atoms with E-state index >= 15 is 0 Å². The largest absolute Gasteiger partial charge is 0.459 e. The molecule has 3 spiro atoms. The number of hydrogen-bond acceptors (Lipinski definition) is 19. The molecule has 19 heteroatoms. The second kappa shape index (κ2) is 20.5. The van der Waals surface area contributed by atoms with E-state index in [1.807, 2.05) is 0 Å². The number of fused-ring (bicyclic) bond motifs is 10. The summed E-state index contributed by atoms with van der Waals surface area (Å²) in [5.41, 5.74) is 2.11. The fourth-order valence-corrected chi connectivity index (χ4v) is 17.4. The molecule has 15 fully saturated rings. The summed E-state index contributed by atoms with van der Waals surface area (Å²) in [7, 11) is 0. The van der Waals surface area contributed by atoms with E-state index in [9.17, 15) is 25.2 Å². The molecule has 0 saturated carbocycles. The monoisotopic (exact) mass is 1100 g/mol. The van der Waals surface area contributed by atoms with Gasteiger partial charge in [-0.15, -0.1) is 0 Å². The minimum Gasteiger partial charge on any atom is -0.459 e. The first-order chi connectivity index (χ1) is 37.4. The van der Waals surface area contributed by atoms with Gasteiger partial charge in [-0.25, -0.2) is 0 Å². The summed E-state index contributed by atoms with van der Waals surface area (Å²) >= 11 is 0. The summed E-state index contributed by atoms with van der Waals surface area (Å²) in [6.07, 6.45) is 0.0332. The van der Waals surface area contributed by atoms with Gasteiger partial charge < -0.3 is 86.7 Å². The zero-order chi connectivity index (χ0) is 53.7. The van der Waals surface area contributed by atoms with Crippen LogP contribution < -0.4 is 0 Å². The van der Waals surface area contributed by atoms with Gasteiger partial charge >= 0.3 is 5.97 Å². The van der Waals surface area contributed by atoms with E-state index in [0.29, 0.717) is 70.6 Å². The number of carbonyl (C=O) groups excluding carboxylic acids is 1. The number of ether oxygens (including phenoxy) is 14. The lowest BCUT2D eigenvalue weighted by atomic mass is 9.79. The molecule has 0 aromatic rings. The molecule has 0 aromatic carbocycles. The molecular weight excluding hydrogens is 1010 g/mol. The molecule has 15 saturated heterocycles. The lowest BCUT2D eigenvalue weighted by molar-refractivity contribution is -0.354. The highest BCUT2D eigenvalue weighted by Crippen LogP contribution is 2.57. The standard InChI is InChI=1S/C59H86O19/c1-26-13-33-7-9-37-27(2)14-35(65-37)11-12-57-23-47(75-57)54-49(64)56(78-57)55-38(69-54)10-8-34(67-55)16-48(63)72-53-31(6)52-43(68-42(53)17-39(66-33)30(26)5)19-41-45(71-52)22-59(73-41)24-46-51(77-59)29(4)21-58(76-46)20-28(3)50-44(74-58)18-40(70-50)36(62)15-32(61)25-60/h26,28-29,31-47,49-56,60-62,64H,2,5,7-25H2,1,3-4,6H3/t26-,28+,29+,31+,32-,33+,34-,35+,36+,37+,38+,39-,40+,41-,42+,43+,44+,45-,46+,47?,49-,50+,51+,52+,53-,54+,55+,56-,57+,58-,59-/m1/s1. The van der Waals surface area contributed by atoms with Crippen molar-refractivity contribution in [2.75, 3.05) is 6.61 Å². The van der Waals surface area contributed by atoms with E-state index in [1.54, 1.807) is 0 Å². The average Bonchev–Trinajstić information content (AvgIpc) is 4.28. The van der Waals surface area contributed by atoms with Gasteiger partial charge in [-0.1, -0.05) is 40.9 Å². The molecule has 1 unspecified atom stereocenters. The molecule has 31 atom stereocenters. The fourth-order valence-electron chi connectivity index (χ4n) is 17.4. The Kier molecular flexibility index (Phi) is 14.3. The van der Waals surface area contributed by atoms with Crippen molar-refractivity contribution in [3.05, 3.63) is 24.3 Å². The Morgan fingerprint density at radius 2 is 1.21 bits per heavy atom. The minimum absolute atomic E-state index is 0.0144. The van der Waals surface area contributed by atoms with Crippen LogP contribution in [0.3, 0.4) is 0 Å². The Bertz CT molecular complexity index is 2260. The number of rotatable bonds is 4. The van der Waals surface area contributed by atoms with E-state index in [4.69, 9.17) is 66.3 Å². The predicted octanol–water partition coefficient (Wildman–Crippen LogP) is 4.52. The second-order valence-electron chi connectivity index (χ2n) is 27.0. The molecule has 78 heavy (non-hydrogen) atoms. The van der Waals surface area contributed by atoms with Gasteiger partial charge in [0.15, 0.2) is 17.4 Å². The number of hydrogen-bond donors (Lipinski definition) is 4. The number of aliphatic hydroxyl groups excluding tert-OH is 4. The lowest BCUT2D eigenvalue weighted by Gasteiger charge is -2.50. The van der Waals surface area contributed by atoms with Gasteiger partial charge in [0.1, 0.15) is 30.5 Å². The Hall–Kier alpha value is -1.73. The van der Waals surface area contributed by atoms with E-state index in [1.165, 1.54) is 0 Å². The molecule has 15 rings (SSSR count). The summed E-state index contributed by atoms with van der Waals surface area (Å²) in [6, 6.07) is 0. The Balaban J connectivity index is 0.682. The van der Waals surface area contributed by atoms with Crippen LogP contribution in [0, 0.1) is 23.7 Å². The smallest absolute Gasteiger partial charge is 0.308 e. The molecule has 0 aliphatic carbocycles. The highest BCUT2D eigenvalue weighted by atomic mass is 16.8. The van der Waals surface area contributed by atoms with Crippen LogP contribution in [-0.2, 0) is 71.1 Å². The Morgan fingerprint density at radius 3 is 2.03 bits per heavy atom. The van der Waals surface area contributed by atoms with E-state index in [0.717, 1.165) is 43.3 Å². The Labute approximate surface area is 457 Å². The molecule has 15 aliphatic rings. The van der Waals surface area contributed by atoms with Crippen LogP contribution in [0.2, 0.25) is 0 Å². The average molecular weight is 1100 g/mol. The van der Waals surface area contributed by atoms with E-state index in [-0.39, 0.29) is 122 Å². The minimum atomic E-state index is -1.02. The fraction of sp³-hybridized carbons (Fsp3) is 0.915. The van der Waals surface area contributed by atoms with Gasteiger partial charge in [0.2, 0.25) is 0 Å². The predicted molar refractivity (Wildman–Crippen MR) is 271 cm³/mol. The molecule has 0 radical (unpaired) electrons. The molecule has 0 aromatic heterocycles. The first-order valence-corrected chi connectivity index (χ1v) is 30.3. The highest BCUT2D eigenvalue weighted by Gasteiger charge is 2.67. The Morgan fingerprint density at radius 1 is 0.538 bits per heavy atom. The van der Waals surface area contributed by atoms with Crippen molar-refractivity contribution in [3.8, 4) is 0 Å². The summed E-state index contributed by atoms with van der Waals surface area (Å²) in [6.45, 7) is 17.3. The zero-order valence-electron chi connectivity index (χ0n) is 45.9. The molecule has 15 aliphatic heterocycles. The van der Waals surface area contributed by atoms with Crippen LogP contribution in [0.5, 0.6) is 0 Å². The van der Waals surface area contributed by atoms with Crippen LogP contribution in [0.1, 0.15) is 143 Å². The van der Waals surface area contributed by atoms with Crippen LogP contribution >= 0.6 is 0 Å². The molecule has 0 amide bonds.